The van der Waals surface area contributed by atoms with Crippen molar-refractivity contribution < 1.29 is 14.3 Å². The second-order valence-electron chi connectivity index (χ2n) is 8.51. The summed E-state index contributed by atoms with van der Waals surface area (Å²) in [6, 6.07) is 2.90. The maximum absolute atomic E-state index is 15.0. The summed E-state index contributed by atoms with van der Waals surface area (Å²) in [5.41, 5.74) is 0.0817. The Morgan fingerprint density at radius 3 is 2.26 bits per heavy atom. The van der Waals surface area contributed by atoms with E-state index in [-0.39, 0.29) is 10.9 Å². The Balaban J connectivity index is 1.49. The highest BCUT2D eigenvalue weighted by molar-refractivity contribution is 5.93. The highest BCUT2D eigenvalue weighted by Crippen LogP contribution is 2.26. The van der Waals surface area contributed by atoms with Crippen molar-refractivity contribution in [1.82, 2.24) is 14.4 Å². The molecule has 2 aliphatic rings. The van der Waals surface area contributed by atoms with E-state index in [0.29, 0.717) is 17.7 Å². The van der Waals surface area contributed by atoms with Crippen molar-refractivity contribution in [2.75, 3.05) is 57.3 Å². The lowest BCUT2D eigenvalue weighted by Crippen LogP contribution is -2.49. The number of aromatic nitrogens is 1. The number of piperidine rings is 1. The van der Waals surface area contributed by atoms with Crippen molar-refractivity contribution >= 4 is 22.6 Å². The summed E-state index contributed by atoms with van der Waals surface area (Å²) in [6.45, 7) is 10.1. The van der Waals surface area contributed by atoms with E-state index in [4.69, 9.17) is 0 Å². The van der Waals surface area contributed by atoms with Crippen LogP contribution in [0.4, 0.5) is 10.1 Å². The van der Waals surface area contributed by atoms with Crippen LogP contribution in [-0.2, 0) is 6.54 Å². The van der Waals surface area contributed by atoms with E-state index in [1.165, 1.54) is 44.6 Å². The lowest BCUT2D eigenvalue weighted by molar-refractivity contribution is 0.0695. The molecule has 0 radical (unpaired) electrons. The Bertz CT molecular complexity index is 1010. The van der Waals surface area contributed by atoms with E-state index < -0.39 is 17.2 Å². The van der Waals surface area contributed by atoms with E-state index in [1.54, 1.807) is 10.6 Å². The van der Waals surface area contributed by atoms with Gasteiger partial charge in [-0.2, -0.15) is 0 Å². The van der Waals surface area contributed by atoms with Crippen LogP contribution in [0.1, 0.15) is 36.5 Å². The predicted octanol–water partition coefficient (Wildman–Crippen LogP) is 2.47. The normalized spacial score (nSPS) is 18.6. The number of carboxylic acid groups (broad SMARTS) is 1. The van der Waals surface area contributed by atoms with Crippen LogP contribution in [0.2, 0.25) is 0 Å². The minimum Gasteiger partial charge on any atom is -0.477 e. The molecule has 2 aliphatic heterocycles. The molecular weight excluding hydrogens is 399 g/mol. The van der Waals surface area contributed by atoms with Gasteiger partial charge >= 0.3 is 5.97 Å². The molecule has 0 bridgehead atoms. The fraction of sp³-hybridized carbons (Fsp3) is 0.565. The standard InChI is InChI=1S/C23H31FN4O3/c1-2-27-16-18(23(30)31)22(29)17-14-19(24)21(15-20(17)27)28-12-10-26(11-13-28)9-8-25-6-4-3-5-7-25/h14-16H,2-13H2,1H3,(H,30,31). The number of carbonyl (C=O) groups is 1. The van der Waals surface area contributed by atoms with Gasteiger partial charge in [0.15, 0.2) is 0 Å². The Kier molecular flexibility index (Phi) is 6.57. The molecule has 7 nitrogen and oxygen atoms in total. The van der Waals surface area contributed by atoms with Crippen LogP contribution < -0.4 is 10.3 Å². The number of hydrogen-bond donors (Lipinski definition) is 1. The van der Waals surface area contributed by atoms with Gasteiger partial charge in [-0.1, -0.05) is 6.42 Å². The van der Waals surface area contributed by atoms with Crippen LogP contribution in [-0.4, -0.2) is 77.8 Å². The minimum atomic E-state index is -1.29. The number of hydrogen-bond acceptors (Lipinski definition) is 5. The number of halogens is 1. The van der Waals surface area contributed by atoms with Gasteiger partial charge in [0.1, 0.15) is 11.4 Å². The first-order valence-electron chi connectivity index (χ1n) is 11.3. The number of benzene rings is 1. The molecule has 1 aromatic heterocycles. The summed E-state index contributed by atoms with van der Waals surface area (Å²) >= 11 is 0. The number of aryl methyl sites for hydroxylation is 1. The van der Waals surface area contributed by atoms with Crippen LogP contribution >= 0.6 is 0 Å². The van der Waals surface area contributed by atoms with Crippen LogP contribution in [0.25, 0.3) is 10.9 Å². The number of rotatable bonds is 6. The molecule has 4 rings (SSSR count). The smallest absolute Gasteiger partial charge is 0.341 e. The molecule has 31 heavy (non-hydrogen) atoms. The molecule has 8 heteroatoms. The number of carboxylic acids is 1. The number of aromatic carboxylic acids is 1. The molecule has 168 valence electrons. The Morgan fingerprint density at radius 1 is 1.00 bits per heavy atom. The highest BCUT2D eigenvalue weighted by atomic mass is 19.1. The third-order valence-corrected chi connectivity index (χ3v) is 6.61. The fourth-order valence-corrected chi connectivity index (χ4v) is 4.73. The Labute approximate surface area is 181 Å². The van der Waals surface area contributed by atoms with Crippen LogP contribution in [0.5, 0.6) is 0 Å². The second kappa shape index (κ2) is 9.36. The van der Waals surface area contributed by atoms with Crippen molar-refractivity contribution in [3.8, 4) is 0 Å². The molecule has 0 aliphatic carbocycles. The summed E-state index contributed by atoms with van der Waals surface area (Å²) in [7, 11) is 0. The van der Waals surface area contributed by atoms with E-state index in [9.17, 15) is 19.1 Å². The molecule has 3 heterocycles. The van der Waals surface area contributed by atoms with Crippen molar-refractivity contribution in [3.63, 3.8) is 0 Å². The SMILES string of the molecule is CCn1cc(C(=O)O)c(=O)c2cc(F)c(N3CCN(CCN4CCCCC4)CC3)cc21. The zero-order valence-corrected chi connectivity index (χ0v) is 18.1. The number of pyridine rings is 1. The monoisotopic (exact) mass is 430 g/mol. The average Bonchev–Trinajstić information content (AvgIpc) is 2.79. The fourth-order valence-electron chi connectivity index (χ4n) is 4.73. The van der Waals surface area contributed by atoms with Gasteiger partial charge in [-0.25, -0.2) is 9.18 Å². The summed E-state index contributed by atoms with van der Waals surface area (Å²) in [5, 5.41) is 9.42. The van der Waals surface area contributed by atoms with E-state index >= 15 is 0 Å². The number of likely N-dealkylation sites (tertiary alicyclic amines) is 1. The molecule has 0 unspecified atom stereocenters. The Hall–Kier alpha value is -2.45. The molecular formula is C23H31FN4O3. The van der Waals surface area contributed by atoms with Gasteiger partial charge in [-0.3, -0.25) is 9.69 Å². The molecule has 2 aromatic rings. The maximum atomic E-state index is 15.0. The van der Waals surface area contributed by atoms with Crippen LogP contribution in [0, 0.1) is 5.82 Å². The zero-order chi connectivity index (χ0) is 22.0. The maximum Gasteiger partial charge on any atom is 0.341 e. The van der Waals surface area contributed by atoms with E-state index in [2.05, 4.69) is 9.80 Å². The van der Waals surface area contributed by atoms with Crippen LogP contribution in [0.15, 0.2) is 23.1 Å². The lowest BCUT2D eigenvalue weighted by atomic mass is 10.1. The summed E-state index contributed by atoms with van der Waals surface area (Å²) < 4.78 is 16.7. The van der Waals surface area contributed by atoms with Gasteiger partial charge in [0, 0.05) is 57.4 Å². The van der Waals surface area contributed by atoms with Gasteiger partial charge in [0.25, 0.3) is 0 Å². The first kappa shape index (κ1) is 21.8. The quantitative estimate of drug-likeness (QED) is 0.759. The van der Waals surface area contributed by atoms with Gasteiger partial charge in [-0.15, -0.1) is 0 Å². The number of nitrogens with zero attached hydrogens (tertiary/aromatic N) is 4. The Morgan fingerprint density at radius 2 is 1.65 bits per heavy atom. The third kappa shape index (κ3) is 4.60. The predicted molar refractivity (Wildman–Crippen MR) is 120 cm³/mol. The largest absolute Gasteiger partial charge is 0.477 e. The topological polar surface area (TPSA) is 69.0 Å². The van der Waals surface area contributed by atoms with Crippen molar-refractivity contribution in [1.29, 1.82) is 0 Å². The number of fused-ring (bicyclic) bond motifs is 1. The van der Waals surface area contributed by atoms with Gasteiger partial charge < -0.3 is 19.5 Å². The molecule has 0 atom stereocenters. The number of anilines is 1. The minimum absolute atomic E-state index is 0.114. The summed E-state index contributed by atoms with van der Waals surface area (Å²) in [4.78, 5) is 30.9. The average molecular weight is 431 g/mol. The highest BCUT2D eigenvalue weighted by Gasteiger charge is 2.23. The van der Waals surface area contributed by atoms with Crippen LogP contribution in [0.3, 0.4) is 0 Å². The van der Waals surface area contributed by atoms with Crippen molar-refractivity contribution in [2.45, 2.75) is 32.7 Å². The number of piperazine rings is 1. The van der Waals surface area contributed by atoms with Crippen molar-refractivity contribution in [2.24, 2.45) is 0 Å². The molecule has 1 aromatic carbocycles. The third-order valence-electron chi connectivity index (χ3n) is 6.61. The second-order valence-corrected chi connectivity index (χ2v) is 8.51. The summed E-state index contributed by atoms with van der Waals surface area (Å²) in [5.74, 6) is -1.77. The molecule has 1 N–H and O–H groups in total. The molecule has 0 amide bonds. The van der Waals surface area contributed by atoms with Gasteiger partial charge in [-0.05, 0) is 45.0 Å². The molecule has 0 spiro atoms. The molecule has 2 fully saturated rings. The molecule has 2 saturated heterocycles. The first-order chi connectivity index (χ1) is 15.0. The van der Waals surface area contributed by atoms with E-state index in [1.807, 2.05) is 11.8 Å². The first-order valence-corrected chi connectivity index (χ1v) is 11.3. The lowest BCUT2D eigenvalue weighted by Gasteiger charge is -2.37. The van der Waals surface area contributed by atoms with Crippen molar-refractivity contribution in [3.05, 3.63) is 39.9 Å². The summed E-state index contributed by atoms with van der Waals surface area (Å²) in [6.07, 6.45) is 5.29. The van der Waals surface area contributed by atoms with Gasteiger partial charge in [0.05, 0.1) is 11.2 Å². The van der Waals surface area contributed by atoms with E-state index in [0.717, 1.165) is 39.3 Å². The molecule has 0 saturated carbocycles. The van der Waals surface area contributed by atoms with Gasteiger partial charge in [0.2, 0.25) is 5.43 Å². The zero-order valence-electron chi connectivity index (χ0n) is 18.1.